The molecule has 0 aromatic carbocycles. The highest BCUT2D eigenvalue weighted by Crippen LogP contribution is 2.09. The Kier molecular flexibility index (Phi) is 18.4. The molecule has 1 atom stereocenters. The van der Waals surface area contributed by atoms with Crippen molar-refractivity contribution in [2.24, 2.45) is 0 Å². The summed E-state index contributed by atoms with van der Waals surface area (Å²) in [5.41, 5.74) is 0. The largest absolute Gasteiger partial charge is 0.293 e. The first kappa shape index (κ1) is 23.0. The second-order valence-corrected chi connectivity index (χ2v) is 7.25. The van der Waals surface area contributed by atoms with E-state index >= 15 is 0 Å². The average Bonchev–Trinajstić information content (AvgIpc) is 2.52. The molecule has 23 heavy (non-hydrogen) atoms. The summed E-state index contributed by atoms with van der Waals surface area (Å²) in [5.74, 6) is 0. The summed E-state index contributed by atoms with van der Waals surface area (Å²) in [7, 11) is 0. The lowest BCUT2D eigenvalue weighted by Crippen LogP contribution is -2.40. The molecule has 0 radical (unpaired) electrons. The fourth-order valence-corrected chi connectivity index (χ4v) is 3.24. The monoisotopic (exact) mass is 348 g/mol. The second kappa shape index (κ2) is 18.4. The van der Waals surface area contributed by atoms with Gasteiger partial charge in [-0.3, -0.25) is 4.55 Å². The molecule has 0 rings (SSSR count). The minimum absolute atomic E-state index is 0.871. The van der Waals surface area contributed by atoms with Crippen LogP contribution in [0.25, 0.3) is 0 Å². The fraction of sp³-hybridized carbons (Fsp3) is 1.00. The summed E-state index contributed by atoms with van der Waals surface area (Å²) in [5, 5.41) is 1.94. The standard InChI is InChI=1S/C18H40N2O2S/c1-3-5-7-9-11-13-15-17-20(19-23(21)22)18-16-14-12-10-8-6-4-2/h19H,3-18H2,1-2H3,(H,21,22). The van der Waals surface area contributed by atoms with E-state index in [2.05, 4.69) is 18.7 Å². The fourth-order valence-electron chi connectivity index (χ4n) is 2.83. The van der Waals surface area contributed by atoms with Gasteiger partial charge in [-0.05, 0) is 12.8 Å². The van der Waals surface area contributed by atoms with Crippen molar-refractivity contribution in [3.63, 3.8) is 0 Å². The predicted molar refractivity (Wildman–Crippen MR) is 101 cm³/mol. The number of hydrogen-bond acceptors (Lipinski definition) is 2. The van der Waals surface area contributed by atoms with Gasteiger partial charge >= 0.3 is 0 Å². The topological polar surface area (TPSA) is 52.6 Å². The SMILES string of the molecule is CCCCCCCCCN(CCCCCCCCC)NS(=O)O. The third-order valence-corrected chi connectivity index (χ3v) is 4.68. The van der Waals surface area contributed by atoms with Gasteiger partial charge in [0, 0.05) is 13.1 Å². The van der Waals surface area contributed by atoms with E-state index in [4.69, 9.17) is 4.55 Å². The number of nitrogens with zero attached hydrogens (tertiary/aromatic N) is 1. The molecule has 0 aromatic heterocycles. The zero-order chi connectivity index (χ0) is 17.2. The summed E-state index contributed by atoms with van der Waals surface area (Å²) < 4.78 is 20.0. The van der Waals surface area contributed by atoms with Crippen LogP contribution in [0, 0.1) is 0 Å². The smallest absolute Gasteiger partial charge is 0.246 e. The van der Waals surface area contributed by atoms with Crippen molar-refractivity contribution < 1.29 is 8.76 Å². The maximum absolute atomic E-state index is 11.0. The number of nitrogens with one attached hydrogen (secondary N) is 1. The first-order valence-electron chi connectivity index (χ1n) is 9.82. The predicted octanol–water partition coefficient (Wildman–Crippen LogP) is 5.43. The Labute approximate surface area is 147 Å². The molecule has 0 aliphatic rings. The number of unbranched alkanes of at least 4 members (excludes halogenated alkanes) is 12. The molecule has 1 unspecified atom stereocenters. The number of rotatable bonds is 18. The normalized spacial score (nSPS) is 12.9. The van der Waals surface area contributed by atoms with Crippen LogP contribution in [0.4, 0.5) is 0 Å². The van der Waals surface area contributed by atoms with Crippen LogP contribution in [0.15, 0.2) is 0 Å². The van der Waals surface area contributed by atoms with Gasteiger partial charge in [0.2, 0.25) is 11.3 Å². The Hall–Kier alpha value is 0.0300. The second-order valence-electron chi connectivity index (χ2n) is 6.57. The summed E-state index contributed by atoms with van der Waals surface area (Å²) in [4.78, 5) is 2.66. The van der Waals surface area contributed by atoms with Crippen molar-refractivity contribution in [2.75, 3.05) is 13.1 Å². The summed E-state index contributed by atoms with van der Waals surface area (Å²) in [6.07, 6.45) is 17.8. The third kappa shape index (κ3) is 18.2. The van der Waals surface area contributed by atoms with Crippen LogP contribution >= 0.6 is 0 Å². The maximum atomic E-state index is 11.0. The molecular formula is C18H40N2O2S. The van der Waals surface area contributed by atoms with Gasteiger partial charge in [0.1, 0.15) is 0 Å². The minimum Gasteiger partial charge on any atom is -0.293 e. The molecule has 0 spiro atoms. The highest BCUT2D eigenvalue weighted by molar-refractivity contribution is 7.77. The quantitative estimate of drug-likeness (QED) is 0.197. The van der Waals surface area contributed by atoms with Crippen LogP contribution in [0.1, 0.15) is 104 Å². The van der Waals surface area contributed by atoms with Gasteiger partial charge in [-0.1, -0.05) is 90.9 Å². The Balaban J connectivity index is 3.62. The minimum atomic E-state index is -1.94. The molecule has 0 saturated carbocycles. The van der Waals surface area contributed by atoms with E-state index in [0.717, 1.165) is 25.9 Å². The van der Waals surface area contributed by atoms with E-state index in [1.165, 1.54) is 77.0 Å². The summed E-state index contributed by atoms with van der Waals surface area (Å²) in [6.45, 7) is 6.22. The van der Waals surface area contributed by atoms with Gasteiger partial charge in [0.15, 0.2) is 0 Å². The molecule has 0 aliphatic heterocycles. The highest BCUT2D eigenvalue weighted by atomic mass is 32.2. The maximum Gasteiger partial charge on any atom is 0.246 e. The van der Waals surface area contributed by atoms with Gasteiger partial charge in [0.25, 0.3) is 0 Å². The lowest BCUT2D eigenvalue weighted by molar-refractivity contribution is 0.227. The first-order valence-corrected chi connectivity index (χ1v) is 10.9. The number of hydrazine groups is 1. The lowest BCUT2D eigenvalue weighted by atomic mass is 10.1. The first-order chi connectivity index (χ1) is 11.2. The average molecular weight is 349 g/mol. The third-order valence-electron chi connectivity index (χ3n) is 4.27. The van der Waals surface area contributed by atoms with Crippen LogP contribution in [0.2, 0.25) is 0 Å². The van der Waals surface area contributed by atoms with Crippen molar-refractivity contribution in [1.29, 1.82) is 0 Å². The molecule has 0 heterocycles. The van der Waals surface area contributed by atoms with Crippen molar-refractivity contribution in [3.8, 4) is 0 Å². The molecule has 0 fully saturated rings. The molecule has 0 aromatic rings. The molecule has 2 N–H and O–H groups in total. The van der Waals surface area contributed by atoms with Crippen LogP contribution < -0.4 is 4.83 Å². The molecule has 0 bridgehead atoms. The summed E-state index contributed by atoms with van der Waals surface area (Å²) in [6, 6.07) is 0. The molecule has 140 valence electrons. The number of hydrogen-bond donors (Lipinski definition) is 2. The van der Waals surface area contributed by atoms with Crippen molar-refractivity contribution in [3.05, 3.63) is 0 Å². The Morgan fingerprint density at radius 2 is 1.04 bits per heavy atom. The van der Waals surface area contributed by atoms with E-state index in [9.17, 15) is 4.21 Å². The zero-order valence-corrected chi connectivity index (χ0v) is 16.3. The Morgan fingerprint density at radius 3 is 1.39 bits per heavy atom. The van der Waals surface area contributed by atoms with Gasteiger partial charge in [0.05, 0.1) is 0 Å². The van der Waals surface area contributed by atoms with Gasteiger partial charge in [-0.25, -0.2) is 9.22 Å². The van der Waals surface area contributed by atoms with E-state index in [1.807, 2.05) is 5.01 Å². The molecule has 0 aliphatic carbocycles. The van der Waals surface area contributed by atoms with Gasteiger partial charge in [-0.2, -0.15) is 0 Å². The molecule has 0 saturated heterocycles. The molecule has 4 nitrogen and oxygen atoms in total. The Bertz CT molecular complexity index is 247. The van der Waals surface area contributed by atoms with Gasteiger partial charge in [-0.15, -0.1) is 4.83 Å². The van der Waals surface area contributed by atoms with Crippen LogP contribution in [-0.2, 0) is 11.3 Å². The zero-order valence-electron chi connectivity index (χ0n) is 15.5. The van der Waals surface area contributed by atoms with Crippen LogP contribution in [0.3, 0.4) is 0 Å². The van der Waals surface area contributed by atoms with E-state index in [0.29, 0.717) is 0 Å². The lowest BCUT2D eigenvalue weighted by Gasteiger charge is -2.20. The highest BCUT2D eigenvalue weighted by Gasteiger charge is 2.06. The van der Waals surface area contributed by atoms with Crippen molar-refractivity contribution >= 4 is 11.3 Å². The van der Waals surface area contributed by atoms with E-state index in [-0.39, 0.29) is 0 Å². The van der Waals surface area contributed by atoms with Crippen molar-refractivity contribution in [2.45, 2.75) is 104 Å². The van der Waals surface area contributed by atoms with Crippen LogP contribution in [0.5, 0.6) is 0 Å². The molecule has 5 heteroatoms. The van der Waals surface area contributed by atoms with E-state index in [1.54, 1.807) is 0 Å². The summed E-state index contributed by atoms with van der Waals surface area (Å²) >= 11 is -1.94. The molecular weight excluding hydrogens is 308 g/mol. The van der Waals surface area contributed by atoms with E-state index < -0.39 is 11.3 Å². The van der Waals surface area contributed by atoms with Crippen LogP contribution in [-0.4, -0.2) is 26.9 Å². The molecule has 0 amide bonds. The van der Waals surface area contributed by atoms with Crippen molar-refractivity contribution in [1.82, 2.24) is 9.84 Å². The Morgan fingerprint density at radius 1 is 0.696 bits per heavy atom. The van der Waals surface area contributed by atoms with Gasteiger partial charge < -0.3 is 0 Å².